The average Bonchev–Trinajstić information content (AvgIpc) is 2.45. The third-order valence-electron chi connectivity index (χ3n) is 2.93. The van der Waals surface area contributed by atoms with Crippen molar-refractivity contribution in [2.75, 3.05) is 17.2 Å². The molecule has 1 aromatic heterocycles. The minimum absolute atomic E-state index is 0.0210. The Morgan fingerprint density at radius 1 is 1.19 bits per heavy atom. The van der Waals surface area contributed by atoms with E-state index < -0.39 is 4.92 Å². The van der Waals surface area contributed by atoms with Crippen molar-refractivity contribution in [2.45, 2.75) is 20.4 Å². The van der Waals surface area contributed by atoms with Crippen molar-refractivity contribution >= 4 is 17.3 Å². The highest BCUT2D eigenvalue weighted by molar-refractivity contribution is 5.54. The van der Waals surface area contributed by atoms with Crippen LogP contribution >= 0.6 is 0 Å². The van der Waals surface area contributed by atoms with Gasteiger partial charge in [0.1, 0.15) is 11.6 Å². The van der Waals surface area contributed by atoms with Crippen molar-refractivity contribution in [2.24, 2.45) is 0 Å². The Kier molecular flexibility index (Phi) is 4.71. The summed E-state index contributed by atoms with van der Waals surface area (Å²) in [6.45, 7) is 5.17. The lowest BCUT2D eigenvalue weighted by Gasteiger charge is -2.09. The highest BCUT2D eigenvalue weighted by Crippen LogP contribution is 2.21. The number of anilines is 2. The second-order valence-electron chi connectivity index (χ2n) is 4.73. The molecule has 0 amide bonds. The molecule has 2 aromatic rings. The molecule has 0 saturated carbocycles. The van der Waals surface area contributed by atoms with E-state index in [-0.39, 0.29) is 5.69 Å². The van der Waals surface area contributed by atoms with Gasteiger partial charge in [0.05, 0.1) is 17.1 Å². The minimum Gasteiger partial charge on any atom is -0.370 e. The van der Waals surface area contributed by atoms with E-state index in [2.05, 4.69) is 21.7 Å². The first kappa shape index (κ1) is 14.8. The van der Waals surface area contributed by atoms with Crippen molar-refractivity contribution in [3.8, 4) is 0 Å². The van der Waals surface area contributed by atoms with E-state index in [4.69, 9.17) is 0 Å². The summed E-state index contributed by atoms with van der Waals surface area (Å²) in [6, 6.07) is 11.0. The molecule has 0 unspecified atom stereocenters. The van der Waals surface area contributed by atoms with Gasteiger partial charge in [-0.25, -0.2) is 4.98 Å². The van der Waals surface area contributed by atoms with Gasteiger partial charge in [0.25, 0.3) is 5.69 Å². The molecule has 0 atom stereocenters. The number of hydrogen-bond donors (Lipinski definition) is 2. The molecule has 110 valence electrons. The Hall–Kier alpha value is -2.63. The molecular formula is C15H18N4O2. The summed E-state index contributed by atoms with van der Waals surface area (Å²) in [7, 11) is 0. The number of rotatable bonds is 6. The standard InChI is InChI=1S/C15H18N4O2/c1-3-16-14-8-13(19(20)21)9-15(18-14)17-10-12-6-4-5-11(2)7-12/h4-9H,3,10H2,1-2H3,(H2,16,17,18). The summed E-state index contributed by atoms with van der Waals surface area (Å²) >= 11 is 0. The summed E-state index contributed by atoms with van der Waals surface area (Å²) in [6.07, 6.45) is 0. The number of aromatic nitrogens is 1. The van der Waals surface area contributed by atoms with Crippen molar-refractivity contribution in [3.63, 3.8) is 0 Å². The molecule has 1 aromatic carbocycles. The normalized spacial score (nSPS) is 10.2. The lowest BCUT2D eigenvalue weighted by molar-refractivity contribution is -0.384. The van der Waals surface area contributed by atoms with Crippen molar-refractivity contribution in [1.82, 2.24) is 4.98 Å². The number of nitrogens with one attached hydrogen (secondary N) is 2. The van der Waals surface area contributed by atoms with E-state index in [0.29, 0.717) is 24.7 Å². The van der Waals surface area contributed by atoms with Gasteiger partial charge in [-0.15, -0.1) is 0 Å². The number of benzene rings is 1. The van der Waals surface area contributed by atoms with Gasteiger partial charge in [-0.3, -0.25) is 10.1 Å². The van der Waals surface area contributed by atoms with E-state index in [0.717, 1.165) is 5.56 Å². The third kappa shape index (κ3) is 4.17. The first-order valence-electron chi connectivity index (χ1n) is 6.78. The molecule has 6 heteroatoms. The molecule has 0 spiro atoms. The fraction of sp³-hybridized carbons (Fsp3) is 0.267. The first-order chi connectivity index (χ1) is 10.1. The zero-order valence-corrected chi connectivity index (χ0v) is 12.1. The molecule has 2 N–H and O–H groups in total. The van der Waals surface area contributed by atoms with Gasteiger partial charge < -0.3 is 10.6 Å². The van der Waals surface area contributed by atoms with Crippen molar-refractivity contribution in [3.05, 3.63) is 57.6 Å². The molecule has 21 heavy (non-hydrogen) atoms. The van der Waals surface area contributed by atoms with Crippen LogP contribution in [0.2, 0.25) is 0 Å². The third-order valence-corrected chi connectivity index (χ3v) is 2.93. The van der Waals surface area contributed by atoms with Gasteiger partial charge in [-0.2, -0.15) is 0 Å². The zero-order valence-electron chi connectivity index (χ0n) is 12.1. The van der Waals surface area contributed by atoms with E-state index in [1.54, 1.807) is 0 Å². The number of nitro groups is 1. The number of aryl methyl sites for hydroxylation is 1. The molecule has 0 aliphatic carbocycles. The molecule has 0 aliphatic heterocycles. The molecule has 0 aliphatic rings. The second-order valence-corrected chi connectivity index (χ2v) is 4.73. The van der Waals surface area contributed by atoms with E-state index in [9.17, 15) is 10.1 Å². The fourth-order valence-corrected chi connectivity index (χ4v) is 2.00. The van der Waals surface area contributed by atoms with Gasteiger partial charge in [0.2, 0.25) is 0 Å². The lowest BCUT2D eigenvalue weighted by atomic mass is 10.1. The van der Waals surface area contributed by atoms with E-state index in [1.165, 1.54) is 17.7 Å². The Labute approximate surface area is 123 Å². The Morgan fingerprint density at radius 3 is 2.52 bits per heavy atom. The lowest BCUT2D eigenvalue weighted by Crippen LogP contribution is -2.06. The molecular weight excluding hydrogens is 268 g/mol. The maximum atomic E-state index is 11.0. The monoisotopic (exact) mass is 286 g/mol. The van der Waals surface area contributed by atoms with Gasteiger partial charge in [-0.1, -0.05) is 29.8 Å². The second kappa shape index (κ2) is 6.69. The van der Waals surface area contributed by atoms with Crippen LogP contribution in [0.25, 0.3) is 0 Å². The average molecular weight is 286 g/mol. The molecule has 1 heterocycles. The van der Waals surface area contributed by atoms with Crippen LogP contribution < -0.4 is 10.6 Å². The Bertz CT molecular complexity index is 643. The van der Waals surface area contributed by atoms with Gasteiger partial charge >= 0.3 is 0 Å². The fourth-order valence-electron chi connectivity index (χ4n) is 2.00. The maximum absolute atomic E-state index is 11.0. The molecule has 0 saturated heterocycles. The summed E-state index contributed by atoms with van der Waals surface area (Å²) in [4.78, 5) is 14.9. The Morgan fingerprint density at radius 2 is 1.90 bits per heavy atom. The minimum atomic E-state index is -0.416. The topological polar surface area (TPSA) is 80.1 Å². The van der Waals surface area contributed by atoms with Crippen LogP contribution in [0.5, 0.6) is 0 Å². The molecule has 0 radical (unpaired) electrons. The molecule has 2 rings (SSSR count). The summed E-state index contributed by atoms with van der Waals surface area (Å²) in [5, 5.41) is 17.1. The van der Waals surface area contributed by atoms with Crippen LogP contribution in [0.1, 0.15) is 18.1 Å². The first-order valence-corrected chi connectivity index (χ1v) is 6.78. The molecule has 6 nitrogen and oxygen atoms in total. The van der Waals surface area contributed by atoms with Gasteiger partial charge in [0, 0.05) is 13.1 Å². The Balaban J connectivity index is 2.16. The van der Waals surface area contributed by atoms with Gasteiger partial charge in [0.15, 0.2) is 0 Å². The highest BCUT2D eigenvalue weighted by atomic mass is 16.6. The predicted octanol–water partition coefficient (Wildman–Crippen LogP) is 3.34. The molecule has 0 bridgehead atoms. The maximum Gasteiger partial charge on any atom is 0.276 e. The predicted molar refractivity (Wildman–Crippen MR) is 83.6 cm³/mol. The summed E-state index contributed by atoms with van der Waals surface area (Å²) < 4.78 is 0. The van der Waals surface area contributed by atoms with E-state index >= 15 is 0 Å². The van der Waals surface area contributed by atoms with Crippen LogP contribution in [0.15, 0.2) is 36.4 Å². The van der Waals surface area contributed by atoms with Crippen LogP contribution in [0, 0.1) is 17.0 Å². The van der Waals surface area contributed by atoms with Crippen molar-refractivity contribution in [1.29, 1.82) is 0 Å². The summed E-state index contributed by atoms with van der Waals surface area (Å²) in [5.41, 5.74) is 2.30. The number of pyridine rings is 1. The number of nitrogens with zero attached hydrogens (tertiary/aromatic N) is 2. The highest BCUT2D eigenvalue weighted by Gasteiger charge is 2.10. The SMILES string of the molecule is CCNc1cc([N+](=O)[O-])cc(NCc2cccc(C)c2)n1. The van der Waals surface area contributed by atoms with E-state index in [1.807, 2.05) is 32.0 Å². The van der Waals surface area contributed by atoms with Crippen molar-refractivity contribution < 1.29 is 4.92 Å². The van der Waals surface area contributed by atoms with Crippen LogP contribution in [-0.4, -0.2) is 16.5 Å². The van der Waals surface area contributed by atoms with Crippen LogP contribution in [0.4, 0.5) is 17.3 Å². The smallest absolute Gasteiger partial charge is 0.276 e. The zero-order chi connectivity index (χ0) is 15.2. The quantitative estimate of drug-likeness (QED) is 0.629. The molecule has 0 fully saturated rings. The largest absolute Gasteiger partial charge is 0.370 e. The number of hydrogen-bond acceptors (Lipinski definition) is 5. The summed E-state index contributed by atoms with van der Waals surface area (Å²) in [5.74, 6) is 0.986. The van der Waals surface area contributed by atoms with Gasteiger partial charge in [-0.05, 0) is 19.4 Å². The van der Waals surface area contributed by atoms with Crippen LogP contribution in [-0.2, 0) is 6.54 Å². The van der Waals surface area contributed by atoms with Crippen LogP contribution in [0.3, 0.4) is 0 Å².